The molecule has 0 aliphatic rings. The molecule has 39 heavy (non-hydrogen) atoms. The molecule has 0 radical (unpaired) electrons. The van der Waals surface area contributed by atoms with E-state index in [1.54, 1.807) is 23.9 Å². The Bertz CT molecular complexity index is 1520. The van der Waals surface area contributed by atoms with Gasteiger partial charge in [0.15, 0.2) is 11.0 Å². The lowest BCUT2D eigenvalue weighted by Crippen LogP contribution is -2.13. The second kappa shape index (κ2) is 12.7. The van der Waals surface area contributed by atoms with Crippen molar-refractivity contribution in [2.75, 3.05) is 5.32 Å². The fourth-order valence-corrected chi connectivity index (χ4v) is 5.11. The van der Waals surface area contributed by atoms with Crippen molar-refractivity contribution in [3.05, 3.63) is 100 Å². The third-order valence-electron chi connectivity index (χ3n) is 6.15. The first kappa shape index (κ1) is 26.6. The zero-order valence-corrected chi connectivity index (χ0v) is 22.9. The lowest BCUT2D eigenvalue weighted by Gasteiger charge is -2.12. The maximum Gasteiger partial charge on any atom is 0.256 e. The number of halogens is 1. The van der Waals surface area contributed by atoms with E-state index in [0.29, 0.717) is 29.2 Å². The van der Waals surface area contributed by atoms with E-state index in [4.69, 9.17) is 11.6 Å². The molecule has 198 valence electrons. The van der Waals surface area contributed by atoms with E-state index in [2.05, 4.69) is 47.6 Å². The van der Waals surface area contributed by atoms with Gasteiger partial charge in [0.25, 0.3) is 5.91 Å². The van der Waals surface area contributed by atoms with Gasteiger partial charge in [0.05, 0.1) is 12.1 Å². The van der Waals surface area contributed by atoms with Crippen LogP contribution in [-0.2, 0) is 18.7 Å². The summed E-state index contributed by atoms with van der Waals surface area (Å²) < 4.78 is 2.19. The SMILES string of the molecule is CCCCc1nnc(SCc2ccc(Cl)cc2)n1Cc1ccc(NC(=O)c2ccccc2-c2nnn[nH]2)cc1. The number of anilines is 1. The van der Waals surface area contributed by atoms with Crippen LogP contribution in [0.5, 0.6) is 0 Å². The zero-order valence-electron chi connectivity index (χ0n) is 21.3. The molecule has 11 heteroatoms. The van der Waals surface area contributed by atoms with Crippen LogP contribution < -0.4 is 5.32 Å². The number of thioether (sulfide) groups is 1. The molecule has 3 aromatic carbocycles. The molecular formula is C28H27ClN8OS. The molecule has 0 atom stereocenters. The minimum Gasteiger partial charge on any atom is -0.322 e. The van der Waals surface area contributed by atoms with E-state index in [1.807, 2.05) is 60.7 Å². The minimum atomic E-state index is -0.240. The predicted molar refractivity (Wildman–Crippen MR) is 153 cm³/mol. The van der Waals surface area contributed by atoms with Crippen molar-refractivity contribution in [3.8, 4) is 11.4 Å². The molecule has 0 fully saturated rings. The fraction of sp³-hybridized carbons (Fsp3) is 0.214. The average molecular weight is 559 g/mol. The van der Waals surface area contributed by atoms with Crippen molar-refractivity contribution in [1.29, 1.82) is 0 Å². The molecule has 0 spiro atoms. The molecule has 0 aliphatic carbocycles. The van der Waals surface area contributed by atoms with E-state index < -0.39 is 0 Å². The van der Waals surface area contributed by atoms with Gasteiger partial charge in [0.2, 0.25) is 0 Å². The Labute approximate surface area is 235 Å². The van der Waals surface area contributed by atoms with Crippen molar-refractivity contribution in [2.45, 2.75) is 43.6 Å². The lowest BCUT2D eigenvalue weighted by molar-refractivity contribution is 0.102. The number of nitrogens with one attached hydrogen (secondary N) is 2. The zero-order chi connectivity index (χ0) is 27.0. The van der Waals surface area contributed by atoms with Crippen LogP contribution in [0.1, 0.15) is 47.1 Å². The molecule has 0 bridgehead atoms. The first-order chi connectivity index (χ1) is 19.1. The molecule has 0 aliphatic heterocycles. The largest absolute Gasteiger partial charge is 0.322 e. The number of unbranched alkanes of at least 4 members (excludes halogenated alkanes) is 1. The highest BCUT2D eigenvalue weighted by Gasteiger charge is 2.16. The first-order valence-corrected chi connectivity index (χ1v) is 14.0. The normalized spacial score (nSPS) is 11.0. The van der Waals surface area contributed by atoms with Gasteiger partial charge in [-0.3, -0.25) is 4.79 Å². The van der Waals surface area contributed by atoms with Gasteiger partial charge < -0.3 is 9.88 Å². The topological polar surface area (TPSA) is 114 Å². The number of H-pyrrole nitrogens is 1. The second-order valence-corrected chi connectivity index (χ2v) is 10.3. The number of aromatic nitrogens is 7. The van der Waals surface area contributed by atoms with E-state index in [0.717, 1.165) is 46.6 Å². The van der Waals surface area contributed by atoms with Crippen molar-refractivity contribution in [3.63, 3.8) is 0 Å². The highest BCUT2D eigenvalue weighted by Crippen LogP contribution is 2.25. The summed E-state index contributed by atoms with van der Waals surface area (Å²) >= 11 is 7.69. The highest BCUT2D eigenvalue weighted by molar-refractivity contribution is 7.98. The van der Waals surface area contributed by atoms with Crippen LogP contribution >= 0.6 is 23.4 Å². The molecule has 0 unspecified atom stereocenters. The summed E-state index contributed by atoms with van der Waals surface area (Å²) in [6.07, 6.45) is 3.01. The number of amides is 1. The van der Waals surface area contributed by atoms with Crippen LogP contribution in [-0.4, -0.2) is 41.3 Å². The summed E-state index contributed by atoms with van der Waals surface area (Å²) in [5.74, 6) is 1.95. The smallest absolute Gasteiger partial charge is 0.256 e. The van der Waals surface area contributed by atoms with Gasteiger partial charge in [-0.2, -0.15) is 0 Å². The Balaban J connectivity index is 1.29. The standard InChI is InChI=1S/C28H27ClN8OS/c1-2-3-8-25-31-34-28(39-18-20-9-13-21(29)14-10-20)37(25)17-19-11-15-22(16-12-19)30-27(38)24-7-5-4-6-23(24)26-32-35-36-33-26/h4-7,9-16H,2-3,8,17-18H2,1H3,(H,30,38)(H,32,33,35,36). The van der Waals surface area contributed by atoms with Gasteiger partial charge in [-0.1, -0.05) is 79.2 Å². The molecule has 0 saturated carbocycles. The Morgan fingerprint density at radius 2 is 1.74 bits per heavy atom. The Kier molecular flexibility index (Phi) is 8.65. The number of tetrazole rings is 1. The summed E-state index contributed by atoms with van der Waals surface area (Å²) in [7, 11) is 0. The van der Waals surface area contributed by atoms with E-state index in [-0.39, 0.29) is 5.91 Å². The predicted octanol–water partition coefficient (Wildman–Crippen LogP) is 6.05. The van der Waals surface area contributed by atoms with Gasteiger partial charge in [0, 0.05) is 28.4 Å². The van der Waals surface area contributed by atoms with Crippen molar-refractivity contribution in [2.24, 2.45) is 0 Å². The number of aromatic amines is 1. The number of aryl methyl sites for hydroxylation is 1. The number of carbonyl (C=O) groups excluding carboxylic acids is 1. The van der Waals surface area contributed by atoms with Crippen LogP contribution in [0, 0.1) is 0 Å². The third-order valence-corrected chi connectivity index (χ3v) is 7.44. The number of benzene rings is 3. The average Bonchev–Trinajstić information content (AvgIpc) is 3.63. The van der Waals surface area contributed by atoms with E-state index in [1.165, 1.54) is 5.56 Å². The summed E-state index contributed by atoms with van der Waals surface area (Å²) in [5.41, 5.74) is 4.07. The van der Waals surface area contributed by atoms with Crippen LogP contribution in [0.4, 0.5) is 5.69 Å². The highest BCUT2D eigenvalue weighted by atomic mass is 35.5. The number of nitrogens with zero attached hydrogens (tertiary/aromatic N) is 6. The summed E-state index contributed by atoms with van der Waals surface area (Å²) in [6, 6.07) is 22.9. The molecular weight excluding hydrogens is 532 g/mol. The summed E-state index contributed by atoms with van der Waals surface area (Å²) in [6.45, 7) is 2.81. The summed E-state index contributed by atoms with van der Waals surface area (Å²) in [4.78, 5) is 13.0. The number of carbonyl (C=O) groups is 1. The van der Waals surface area contributed by atoms with Gasteiger partial charge in [-0.25, -0.2) is 5.10 Å². The van der Waals surface area contributed by atoms with Crippen molar-refractivity contribution < 1.29 is 4.79 Å². The van der Waals surface area contributed by atoms with Gasteiger partial charge in [-0.05, 0) is 58.3 Å². The lowest BCUT2D eigenvalue weighted by atomic mass is 10.1. The number of rotatable bonds is 11. The van der Waals surface area contributed by atoms with Gasteiger partial charge in [0.1, 0.15) is 5.82 Å². The van der Waals surface area contributed by atoms with Crippen LogP contribution in [0.3, 0.4) is 0 Å². The Morgan fingerprint density at radius 3 is 2.49 bits per heavy atom. The molecule has 5 aromatic rings. The minimum absolute atomic E-state index is 0.240. The van der Waals surface area contributed by atoms with Crippen molar-refractivity contribution in [1.82, 2.24) is 35.4 Å². The van der Waals surface area contributed by atoms with Gasteiger partial charge in [-0.15, -0.1) is 15.3 Å². The van der Waals surface area contributed by atoms with E-state index in [9.17, 15) is 4.79 Å². The molecule has 2 N–H and O–H groups in total. The fourth-order valence-electron chi connectivity index (χ4n) is 4.07. The second-order valence-electron chi connectivity index (χ2n) is 8.95. The van der Waals surface area contributed by atoms with Crippen LogP contribution in [0.15, 0.2) is 78.0 Å². The van der Waals surface area contributed by atoms with E-state index >= 15 is 0 Å². The molecule has 9 nitrogen and oxygen atoms in total. The maximum absolute atomic E-state index is 13.0. The Hall–Kier alpha value is -4.02. The van der Waals surface area contributed by atoms with Crippen LogP contribution in [0.2, 0.25) is 5.02 Å². The first-order valence-electron chi connectivity index (χ1n) is 12.6. The van der Waals surface area contributed by atoms with Crippen LogP contribution in [0.25, 0.3) is 11.4 Å². The van der Waals surface area contributed by atoms with Crippen molar-refractivity contribution >= 4 is 35.0 Å². The quantitative estimate of drug-likeness (QED) is 0.190. The molecule has 5 rings (SSSR count). The summed E-state index contributed by atoms with van der Waals surface area (Å²) in [5, 5.41) is 27.4. The third kappa shape index (κ3) is 6.71. The molecule has 0 saturated heterocycles. The molecule has 2 aromatic heterocycles. The molecule has 2 heterocycles. The monoisotopic (exact) mass is 558 g/mol. The Morgan fingerprint density at radius 1 is 0.974 bits per heavy atom. The maximum atomic E-state index is 13.0. The molecule has 1 amide bonds. The number of hydrogen-bond acceptors (Lipinski definition) is 7. The number of hydrogen-bond donors (Lipinski definition) is 2. The van der Waals surface area contributed by atoms with Gasteiger partial charge >= 0.3 is 0 Å².